The fraction of sp³-hybridized carbons (Fsp3) is 0.412. The number of amides is 3. The van der Waals surface area contributed by atoms with Gasteiger partial charge in [0.15, 0.2) is 0 Å². The van der Waals surface area contributed by atoms with Crippen molar-refractivity contribution in [2.75, 3.05) is 0 Å². The Kier molecular flexibility index (Phi) is 3.55. The van der Waals surface area contributed by atoms with E-state index in [-0.39, 0.29) is 23.2 Å². The molecule has 1 saturated heterocycles. The molecule has 1 N–H and O–H groups in total. The number of hydrogen-bond donors (Lipinski definition) is 1. The standard InChI is InChI=1S/C17H17FN4O3/c1-10(22-15(23)17(20-16(22)24)8-4-5-9-17)14-19-13(21-25-14)11-6-2-3-7-12(11)18/h2-3,6-7,10H,4-5,8-9H2,1H3,(H,20,24). The van der Waals surface area contributed by atoms with Crippen LogP contribution in [0.5, 0.6) is 0 Å². The highest BCUT2D eigenvalue weighted by atomic mass is 19.1. The summed E-state index contributed by atoms with van der Waals surface area (Å²) in [4.78, 5) is 30.4. The number of carbonyl (C=O) groups excluding carboxylic acids is 2. The van der Waals surface area contributed by atoms with Crippen molar-refractivity contribution in [2.45, 2.75) is 44.2 Å². The van der Waals surface area contributed by atoms with E-state index in [0.717, 1.165) is 17.7 Å². The summed E-state index contributed by atoms with van der Waals surface area (Å²) in [6.07, 6.45) is 3.11. The van der Waals surface area contributed by atoms with Gasteiger partial charge in [-0.15, -0.1) is 0 Å². The Morgan fingerprint density at radius 3 is 2.72 bits per heavy atom. The molecule has 1 aromatic carbocycles. The molecule has 8 heteroatoms. The molecule has 7 nitrogen and oxygen atoms in total. The van der Waals surface area contributed by atoms with E-state index in [1.165, 1.54) is 12.1 Å². The van der Waals surface area contributed by atoms with E-state index >= 15 is 0 Å². The average molecular weight is 344 g/mol. The first-order chi connectivity index (χ1) is 12.0. The van der Waals surface area contributed by atoms with Gasteiger partial charge < -0.3 is 9.84 Å². The van der Waals surface area contributed by atoms with Crippen LogP contribution in [0.2, 0.25) is 0 Å². The van der Waals surface area contributed by atoms with Crippen molar-refractivity contribution in [3.05, 3.63) is 36.0 Å². The lowest BCUT2D eigenvalue weighted by molar-refractivity contribution is -0.132. The van der Waals surface area contributed by atoms with Crippen LogP contribution < -0.4 is 5.32 Å². The van der Waals surface area contributed by atoms with Crippen LogP contribution in [-0.2, 0) is 4.79 Å². The number of halogens is 1. The largest absolute Gasteiger partial charge is 0.337 e. The molecule has 2 aliphatic rings. The molecule has 2 aromatic rings. The summed E-state index contributed by atoms with van der Waals surface area (Å²) in [5.74, 6) is -0.546. The molecule has 0 bridgehead atoms. The number of nitrogens with one attached hydrogen (secondary N) is 1. The first-order valence-electron chi connectivity index (χ1n) is 8.26. The topological polar surface area (TPSA) is 88.3 Å². The maximum atomic E-state index is 13.9. The SMILES string of the molecule is CC(c1nc(-c2ccccc2F)no1)N1C(=O)NC2(CCCC2)C1=O. The molecule has 130 valence electrons. The monoisotopic (exact) mass is 344 g/mol. The summed E-state index contributed by atoms with van der Waals surface area (Å²) < 4.78 is 19.1. The van der Waals surface area contributed by atoms with Gasteiger partial charge in [0.2, 0.25) is 11.7 Å². The molecule has 1 spiro atoms. The Balaban J connectivity index is 1.62. The fourth-order valence-corrected chi connectivity index (χ4v) is 3.58. The minimum Gasteiger partial charge on any atom is -0.337 e. The van der Waals surface area contributed by atoms with Crippen molar-refractivity contribution in [1.29, 1.82) is 0 Å². The van der Waals surface area contributed by atoms with Crippen molar-refractivity contribution < 1.29 is 18.5 Å². The maximum Gasteiger partial charge on any atom is 0.325 e. The van der Waals surface area contributed by atoms with Crippen molar-refractivity contribution in [1.82, 2.24) is 20.4 Å². The van der Waals surface area contributed by atoms with Crippen molar-refractivity contribution >= 4 is 11.9 Å². The maximum absolute atomic E-state index is 13.9. The lowest BCUT2D eigenvalue weighted by Gasteiger charge is -2.22. The van der Waals surface area contributed by atoms with Crippen molar-refractivity contribution in [3.63, 3.8) is 0 Å². The third-order valence-corrected chi connectivity index (χ3v) is 4.95. The Labute approximate surface area is 143 Å². The van der Waals surface area contributed by atoms with E-state index in [4.69, 9.17) is 4.52 Å². The molecule has 1 atom stereocenters. The number of hydrogen-bond acceptors (Lipinski definition) is 5. The normalized spacial score (nSPS) is 20.3. The molecule has 2 fully saturated rings. The molecule has 1 aliphatic carbocycles. The number of urea groups is 1. The third-order valence-electron chi connectivity index (χ3n) is 4.95. The summed E-state index contributed by atoms with van der Waals surface area (Å²) in [5, 5.41) is 6.60. The van der Waals surface area contributed by atoms with Crippen LogP contribution >= 0.6 is 0 Å². The van der Waals surface area contributed by atoms with Gasteiger partial charge >= 0.3 is 6.03 Å². The smallest absolute Gasteiger partial charge is 0.325 e. The highest BCUT2D eigenvalue weighted by Crippen LogP contribution is 2.38. The van der Waals surface area contributed by atoms with Crippen LogP contribution in [0.1, 0.15) is 44.5 Å². The van der Waals surface area contributed by atoms with Crippen LogP contribution in [0.25, 0.3) is 11.4 Å². The molecule has 4 rings (SSSR count). The number of benzene rings is 1. The lowest BCUT2D eigenvalue weighted by Crippen LogP contribution is -2.44. The van der Waals surface area contributed by atoms with Gasteiger partial charge in [-0.1, -0.05) is 30.1 Å². The fourth-order valence-electron chi connectivity index (χ4n) is 3.58. The second-order valence-electron chi connectivity index (χ2n) is 6.51. The van der Waals surface area contributed by atoms with E-state index in [0.29, 0.717) is 12.8 Å². The van der Waals surface area contributed by atoms with Gasteiger partial charge in [0.1, 0.15) is 17.4 Å². The van der Waals surface area contributed by atoms with Gasteiger partial charge in [-0.3, -0.25) is 4.79 Å². The Morgan fingerprint density at radius 1 is 1.28 bits per heavy atom. The van der Waals surface area contributed by atoms with E-state index in [2.05, 4.69) is 15.5 Å². The first kappa shape index (κ1) is 15.7. The quantitative estimate of drug-likeness (QED) is 0.865. The van der Waals surface area contributed by atoms with E-state index in [1.807, 2.05) is 0 Å². The Bertz CT molecular complexity index is 844. The van der Waals surface area contributed by atoms with Crippen LogP contribution in [0.15, 0.2) is 28.8 Å². The number of rotatable bonds is 3. The molecule has 2 heterocycles. The molecular weight excluding hydrogens is 327 g/mol. The second-order valence-corrected chi connectivity index (χ2v) is 6.51. The molecule has 3 amide bonds. The Morgan fingerprint density at radius 2 is 2.00 bits per heavy atom. The zero-order valence-electron chi connectivity index (χ0n) is 13.7. The highest BCUT2D eigenvalue weighted by Gasteiger charge is 2.54. The van der Waals surface area contributed by atoms with Crippen LogP contribution in [0.4, 0.5) is 9.18 Å². The van der Waals surface area contributed by atoms with Gasteiger partial charge in [0, 0.05) is 0 Å². The molecule has 0 radical (unpaired) electrons. The molecule has 1 saturated carbocycles. The number of imide groups is 1. The van der Waals surface area contributed by atoms with Crippen molar-refractivity contribution in [2.24, 2.45) is 0 Å². The predicted molar refractivity (Wildman–Crippen MR) is 84.7 cm³/mol. The molecule has 1 aromatic heterocycles. The minimum atomic E-state index is -0.792. The van der Waals surface area contributed by atoms with Crippen molar-refractivity contribution in [3.8, 4) is 11.4 Å². The van der Waals surface area contributed by atoms with Crippen LogP contribution in [0, 0.1) is 5.82 Å². The van der Waals surface area contributed by atoms with Gasteiger partial charge in [-0.05, 0) is 31.9 Å². The van der Waals surface area contributed by atoms with Gasteiger partial charge in [-0.25, -0.2) is 14.1 Å². The summed E-state index contributed by atoms with van der Waals surface area (Å²) >= 11 is 0. The first-order valence-corrected chi connectivity index (χ1v) is 8.26. The van der Waals surface area contributed by atoms with Gasteiger partial charge in [0.05, 0.1) is 5.56 Å². The van der Waals surface area contributed by atoms with Crippen LogP contribution in [0.3, 0.4) is 0 Å². The lowest BCUT2D eigenvalue weighted by atomic mass is 9.98. The van der Waals surface area contributed by atoms with E-state index in [9.17, 15) is 14.0 Å². The van der Waals surface area contributed by atoms with E-state index in [1.54, 1.807) is 19.1 Å². The number of carbonyl (C=O) groups is 2. The number of nitrogens with zero attached hydrogens (tertiary/aromatic N) is 3. The minimum absolute atomic E-state index is 0.0857. The molecule has 1 unspecified atom stereocenters. The third kappa shape index (κ3) is 2.40. The molecular formula is C17H17FN4O3. The predicted octanol–water partition coefficient (Wildman–Crippen LogP) is 2.80. The average Bonchev–Trinajstić information content (AvgIpc) is 3.29. The summed E-state index contributed by atoms with van der Waals surface area (Å²) in [6, 6.07) is 4.90. The Hall–Kier alpha value is -2.77. The summed E-state index contributed by atoms with van der Waals surface area (Å²) in [6.45, 7) is 1.64. The van der Waals surface area contributed by atoms with Gasteiger partial charge in [0.25, 0.3) is 5.91 Å². The zero-order valence-corrected chi connectivity index (χ0v) is 13.7. The zero-order chi connectivity index (χ0) is 17.6. The molecule has 25 heavy (non-hydrogen) atoms. The van der Waals surface area contributed by atoms with Gasteiger partial charge in [-0.2, -0.15) is 4.98 Å². The summed E-state index contributed by atoms with van der Waals surface area (Å²) in [5.41, 5.74) is -0.589. The highest BCUT2D eigenvalue weighted by molar-refractivity contribution is 6.07. The molecule has 1 aliphatic heterocycles. The van der Waals surface area contributed by atoms with Crippen LogP contribution in [-0.4, -0.2) is 32.5 Å². The van der Waals surface area contributed by atoms with E-state index < -0.39 is 23.4 Å². The second kappa shape index (κ2) is 5.65. The number of aromatic nitrogens is 2. The summed E-state index contributed by atoms with van der Waals surface area (Å²) in [7, 11) is 0.